The van der Waals surface area contributed by atoms with Gasteiger partial charge >= 0.3 is 0 Å². The minimum absolute atomic E-state index is 0.0750. The zero-order chi connectivity index (χ0) is 19.3. The number of nitrogens with one attached hydrogen (secondary N) is 1. The van der Waals surface area contributed by atoms with Crippen LogP contribution in [-0.2, 0) is 11.2 Å². The van der Waals surface area contributed by atoms with Gasteiger partial charge in [0.15, 0.2) is 16.6 Å². The molecule has 0 saturated carbocycles. The maximum atomic E-state index is 12.3. The number of amides is 1. The van der Waals surface area contributed by atoms with Gasteiger partial charge in [-0.05, 0) is 36.2 Å². The summed E-state index contributed by atoms with van der Waals surface area (Å²) in [5.74, 6) is 2.19. The molecule has 2 aromatic carbocycles. The Labute approximate surface area is 167 Å². The second-order valence-electron chi connectivity index (χ2n) is 6.26. The summed E-state index contributed by atoms with van der Waals surface area (Å²) in [6, 6.07) is 13.5. The van der Waals surface area contributed by atoms with Crippen LogP contribution in [0.4, 0.5) is 5.13 Å². The van der Waals surface area contributed by atoms with Crippen molar-refractivity contribution in [1.82, 2.24) is 4.98 Å². The third kappa shape index (κ3) is 4.09. The van der Waals surface area contributed by atoms with E-state index < -0.39 is 0 Å². The van der Waals surface area contributed by atoms with Gasteiger partial charge in [-0.25, -0.2) is 4.98 Å². The van der Waals surface area contributed by atoms with Crippen LogP contribution in [0, 0.1) is 0 Å². The molecule has 0 unspecified atom stereocenters. The van der Waals surface area contributed by atoms with Crippen molar-refractivity contribution in [2.24, 2.45) is 0 Å². The second-order valence-corrected chi connectivity index (χ2v) is 7.11. The Kier molecular flexibility index (Phi) is 5.43. The highest BCUT2D eigenvalue weighted by atomic mass is 32.1. The lowest BCUT2D eigenvalue weighted by Crippen LogP contribution is -2.15. The largest absolute Gasteiger partial charge is 0.496 e. The molecule has 1 aliphatic rings. The number of ether oxygens (including phenoxy) is 3. The van der Waals surface area contributed by atoms with Gasteiger partial charge in [0.25, 0.3) is 0 Å². The first-order chi connectivity index (χ1) is 13.7. The van der Waals surface area contributed by atoms with Crippen LogP contribution < -0.4 is 19.5 Å². The fourth-order valence-corrected chi connectivity index (χ4v) is 3.74. The summed E-state index contributed by atoms with van der Waals surface area (Å²) in [4.78, 5) is 16.8. The van der Waals surface area contributed by atoms with Crippen LogP contribution in [0.25, 0.3) is 11.3 Å². The summed E-state index contributed by atoms with van der Waals surface area (Å²) in [7, 11) is 1.63. The van der Waals surface area contributed by atoms with Crippen molar-refractivity contribution in [3.63, 3.8) is 0 Å². The van der Waals surface area contributed by atoms with Gasteiger partial charge in [0.1, 0.15) is 19.0 Å². The fraction of sp³-hybridized carbons (Fsp3) is 0.238. The Bertz CT molecular complexity index is 986. The molecule has 144 valence electrons. The summed E-state index contributed by atoms with van der Waals surface area (Å²) in [6.45, 7) is 1.11. The molecule has 0 radical (unpaired) electrons. The minimum atomic E-state index is -0.0750. The Hall–Kier alpha value is -3.06. The lowest BCUT2D eigenvalue weighted by atomic mass is 10.1. The molecule has 7 heteroatoms. The molecular weight excluding hydrogens is 376 g/mol. The number of benzene rings is 2. The van der Waals surface area contributed by atoms with Gasteiger partial charge in [-0.1, -0.05) is 18.2 Å². The Morgan fingerprint density at radius 3 is 2.86 bits per heavy atom. The molecule has 1 aromatic heterocycles. The van der Waals surface area contributed by atoms with Crippen LogP contribution in [0.15, 0.2) is 47.8 Å². The van der Waals surface area contributed by atoms with Gasteiger partial charge in [0.2, 0.25) is 5.91 Å². The Morgan fingerprint density at radius 2 is 2.00 bits per heavy atom. The van der Waals surface area contributed by atoms with Crippen molar-refractivity contribution in [3.05, 3.63) is 53.4 Å². The highest BCUT2D eigenvalue weighted by molar-refractivity contribution is 7.14. The van der Waals surface area contributed by atoms with E-state index in [2.05, 4.69) is 10.3 Å². The van der Waals surface area contributed by atoms with Crippen LogP contribution in [0.3, 0.4) is 0 Å². The Balaban J connectivity index is 1.38. The first kappa shape index (κ1) is 18.3. The quantitative estimate of drug-likeness (QED) is 0.677. The third-order valence-corrected chi connectivity index (χ3v) is 5.16. The fourth-order valence-electron chi connectivity index (χ4n) is 3.01. The highest BCUT2D eigenvalue weighted by Gasteiger charge is 2.14. The second kappa shape index (κ2) is 8.31. The van der Waals surface area contributed by atoms with E-state index >= 15 is 0 Å². The highest BCUT2D eigenvalue weighted by Crippen LogP contribution is 2.35. The van der Waals surface area contributed by atoms with Crippen LogP contribution in [0.2, 0.25) is 0 Å². The van der Waals surface area contributed by atoms with Crippen molar-refractivity contribution >= 4 is 22.4 Å². The van der Waals surface area contributed by atoms with Gasteiger partial charge in [-0.3, -0.25) is 4.79 Å². The number of rotatable bonds is 6. The first-order valence-corrected chi connectivity index (χ1v) is 9.88. The number of hydrogen-bond donors (Lipinski definition) is 1. The van der Waals surface area contributed by atoms with E-state index in [4.69, 9.17) is 14.2 Å². The summed E-state index contributed by atoms with van der Waals surface area (Å²) >= 11 is 1.40. The SMILES string of the molecule is COc1ccccc1CCC(=O)Nc1nc(-c2ccc3c(c2)OCCO3)cs1. The zero-order valence-corrected chi connectivity index (χ0v) is 16.3. The Morgan fingerprint density at radius 1 is 1.18 bits per heavy atom. The van der Waals surface area contributed by atoms with Crippen LogP contribution in [0.5, 0.6) is 17.2 Å². The number of carbonyl (C=O) groups excluding carboxylic acids is 1. The molecule has 1 amide bonds. The third-order valence-electron chi connectivity index (χ3n) is 4.40. The van der Waals surface area contributed by atoms with Crippen molar-refractivity contribution in [3.8, 4) is 28.5 Å². The average Bonchev–Trinajstić information content (AvgIpc) is 3.20. The number of fused-ring (bicyclic) bond motifs is 1. The molecule has 0 bridgehead atoms. The van der Waals surface area contributed by atoms with E-state index in [0.717, 1.165) is 34.1 Å². The standard InChI is InChI=1S/C21H20N2O4S/c1-25-17-5-3-2-4-14(17)7-9-20(24)23-21-22-16(13-28-21)15-6-8-18-19(12-15)27-11-10-26-18/h2-6,8,12-13H,7,9-11H2,1H3,(H,22,23,24). The molecule has 0 fully saturated rings. The lowest BCUT2D eigenvalue weighted by Gasteiger charge is -2.18. The van der Waals surface area contributed by atoms with Gasteiger partial charge in [0.05, 0.1) is 12.8 Å². The van der Waals surface area contributed by atoms with Crippen molar-refractivity contribution in [2.45, 2.75) is 12.8 Å². The zero-order valence-electron chi connectivity index (χ0n) is 15.4. The molecular formula is C21H20N2O4S. The summed E-state index contributed by atoms with van der Waals surface area (Å²) < 4.78 is 16.5. The van der Waals surface area contributed by atoms with Crippen molar-refractivity contribution < 1.29 is 19.0 Å². The minimum Gasteiger partial charge on any atom is -0.496 e. The molecule has 1 N–H and O–H groups in total. The smallest absolute Gasteiger partial charge is 0.226 e. The molecule has 0 atom stereocenters. The van der Waals surface area contributed by atoms with Crippen LogP contribution >= 0.6 is 11.3 Å². The summed E-state index contributed by atoms with van der Waals surface area (Å²) in [5, 5.41) is 5.37. The predicted molar refractivity (Wildman–Crippen MR) is 108 cm³/mol. The predicted octanol–water partition coefficient (Wildman–Crippen LogP) is 4.16. The molecule has 0 saturated heterocycles. The number of hydrogen-bond acceptors (Lipinski definition) is 6. The van der Waals surface area contributed by atoms with Crippen molar-refractivity contribution in [1.29, 1.82) is 0 Å². The molecule has 6 nitrogen and oxygen atoms in total. The normalized spacial score (nSPS) is 12.5. The number of carbonyl (C=O) groups is 1. The number of aryl methyl sites for hydroxylation is 1. The summed E-state index contributed by atoms with van der Waals surface area (Å²) in [5.41, 5.74) is 2.73. The van der Waals surface area contributed by atoms with Gasteiger partial charge < -0.3 is 19.5 Å². The molecule has 28 heavy (non-hydrogen) atoms. The maximum Gasteiger partial charge on any atom is 0.226 e. The number of anilines is 1. The number of thiazole rings is 1. The molecule has 2 heterocycles. The topological polar surface area (TPSA) is 69.7 Å². The van der Waals surface area contributed by atoms with Gasteiger partial charge in [0, 0.05) is 17.4 Å². The average molecular weight is 396 g/mol. The number of aromatic nitrogens is 1. The van der Waals surface area contributed by atoms with E-state index in [1.54, 1.807) is 7.11 Å². The molecule has 1 aliphatic heterocycles. The van der Waals surface area contributed by atoms with E-state index in [9.17, 15) is 4.79 Å². The van der Waals surface area contributed by atoms with E-state index in [0.29, 0.717) is 31.2 Å². The number of para-hydroxylation sites is 1. The van der Waals surface area contributed by atoms with Crippen LogP contribution in [-0.4, -0.2) is 31.2 Å². The van der Waals surface area contributed by atoms with Crippen molar-refractivity contribution in [2.75, 3.05) is 25.6 Å². The van der Waals surface area contributed by atoms with E-state index in [1.807, 2.05) is 47.8 Å². The molecule has 0 aliphatic carbocycles. The number of nitrogens with zero attached hydrogens (tertiary/aromatic N) is 1. The van der Waals surface area contributed by atoms with E-state index in [1.165, 1.54) is 11.3 Å². The number of methoxy groups -OCH3 is 1. The monoisotopic (exact) mass is 396 g/mol. The van der Waals surface area contributed by atoms with E-state index in [-0.39, 0.29) is 5.91 Å². The first-order valence-electron chi connectivity index (χ1n) is 9.00. The molecule has 3 aromatic rings. The van der Waals surface area contributed by atoms with Gasteiger partial charge in [-0.15, -0.1) is 11.3 Å². The molecule has 4 rings (SSSR count). The summed E-state index contributed by atoms with van der Waals surface area (Å²) in [6.07, 6.45) is 0.968. The van der Waals surface area contributed by atoms with Crippen LogP contribution in [0.1, 0.15) is 12.0 Å². The lowest BCUT2D eigenvalue weighted by molar-refractivity contribution is -0.116. The van der Waals surface area contributed by atoms with Gasteiger partial charge in [-0.2, -0.15) is 0 Å². The maximum absolute atomic E-state index is 12.3. The molecule has 0 spiro atoms.